The summed E-state index contributed by atoms with van der Waals surface area (Å²) in [4.78, 5) is 34.0. The Kier molecular flexibility index (Phi) is 3.34. The van der Waals surface area contributed by atoms with Crippen molar-refractivity contribution in [1.82, 2.24) is 4.57 Å². The number of Topliss-reactive ketones (excluding diaryl/α,β-unsaturated/α-hetero) is 1. The summed E-state index contributed by atoms with van der Waals surface area (Å²) in [5.41, 5.74) is -0.402. The third-order valence-corrected chi connectivity index (χ3v) is 3.19. The summed E-state index contributed by atoms with van der Waals surface area (Å²) >= 11 is 0. The second-order valence-corrected chi connectivity index (χ2v) is 4.60. The summed E-state index contributed by atoms with van der Waals surface area (Å²) in [5.74, 6) is 0.641. The van der Waals surface area contributed by atoms with Crippen LogP contribution >= 0.6 is 0 Å². The second-order valence-electron chi connectivity index (χ2n) is 4.60. The molecule has 0 spiro atoms. The number of fused-ring (bicyclic) bond motifs is 1. The smallest absolute Gasteiger partial charge is 0.285 e. The van der Waals surface area contributed by atoms with Gasteiger partial charge in [-0.25, -0.2) is 0 Å². The molecule has 0 amide bonds. The fourth-order valence-corrected chi connectivity index (χ4v) is 2.07. The third-order valence-electron chi connectivity index (χ3n) is 3.19. The minimum absolute atomic E-state index is 0.0946. The average molecular weight is 302 g/mol. The van der Waals surface area contributed by atoms with Gasteiger partial charge in [-0.2, -0.15) is 0 Å². The lowest BCUT2D eigenvalue weighted by Gasteiger charge is -2.05. The van der Waals surface area contributed by atoms with Gasteiger partial charge in [0.2, 0.25) is 6.79 Å². The first-order valence-corrected chi connectivity index (χ1v) is 6.32. The zero-order valence-electron chi connectivity index (χ0n) is 11.2. The van der Waals surface area contributed by atoms with Crippen molar-refractivity contribution >= 4 is 11.5 Å². The van der Waals surface area contributed by atoms with Crippen LogP contribution in [0.4, 0.5) is 5.69 Å². The van der Waals surface area contributed by atoms with E-state index in [-0.39, 0.29) is 24.8 Å². The molecular weight excluding hydrogens is 292 g/mol. The lowest BCUT2D eigenvalue weighted by atomic mass is 10.1. The molecule has 0 radical (unpaired) electrons. The molecule has 0 saturated carbocycles. The first kappa shape index (κ1) is 13.8. The van der Waals surface area contributed by atoms with Crippen molar-refractivity contribution < 1.29 is 19.2 Å². The molecule has 0 unspecified atom stereocenters. The summed E-state index contributed by atoms with van der Waals surface area (Å²) in [6.45, 7) is -0.197. The summed E-state index contributed by atoms with van der Waals surface area (Å²) in [6, 6.07) is 6.84. The number of nitro groups is 1. The highest BCUT2D eigenvalue weighted by Gasteiger charge is 2.17. The van der Waals surface area contributed by atoms with Gasteiger partial charge >= 0.3 is 0 Å². The first-order valence-electron chi connectivity index (χ1n) is 6.32. The number of aromatic nitrogens is 1. The number of nitrogens with zero attached hydrogens (tertiary/aromatic N) is 2. The van der Waals surface area contributed by atoms with Crippen LogP contribution in [-0.2, 0) is 6.54 Å². The van der Waals surface area contributed by atoms with Crippen LogP contribution in [0.2, 0.25) is 0 Å². The van der Waals surface area contributed by atoms with Crippen molar-refractivity contribution in [1.29, 1.82) is 0 Å². The van der Waals surface area contributed by atoms with Crippen LogP contribution in [0.25, 0.3) is 0 Å². The molecule has 3 rings (SSSR count). The standard InChI is InChI=1S/C14H10N2O6/c17-11(9-1-3-12-13(5-9)22-8-21-12)7-15-6-10(16(19)20)2-4-14(15)18/h1-6H,7-8H2. The Morgan fingerprint density at radius 3 is 2.77 bits per heavy atom. The van der Waals surface area contributed by atoms with Gasteiger partial charge in [-0.05, 0) is 18.2 Å². The first-order chi connectivity index (χ1) is 10.5. The van der Waals surface area contributed by atoms with Crippen LogP contribution in [-0.4, -0.2) is 22.1 Å². The Morgan fingerprint density at radius 2 is 2.00 bits per heavy atom. The van der Waals surface area contributed by atoms with E-state index in [2.05, 4.69) is 0 Å². The van der Waals surface area contributed by atoms with Crippen molar-refractivity contribution in [2.45, 2.75) is 6.54 Å². The summed E-state index contributed by atoms with van der Waals surface area (Å²) in [6.07, 6.45) is 1.05. The SMILES string of the molecule is O=C(Cn1cc([N+](=O)[O-])ccc1=O)c1ccc2c(c1)OCO2. The van der Waals surface area contributed by atoms with Gasteiger partial charge in [0, 0.05) is 17.7 Å². The Balaban J connectivity index is 1.87. The average Bonchev–Trinajstić information content (AvgIpc) is 2.96. The fourth-order valence-electron chi connectivity index (χ4n) is 2.07. The van der Waals surface area contributed by atoms with E-state index < -0.39 is 10.5 Å². The molecular formula is C14H10N2O6. The van der Waals surface area contributed by atoms with Crippen molar-refractivity contribution in [3.8, 4) is 11.5 Å². The molecule has 0 bridgehead atoms. The highest BCUT2D eigenvalue weighted by Crippen LogP contribution is 2.32. The van der Waals surface area contributed by atoms with Crippen molar-refractivity contribution in [2.75, 3.05) is 6.79 Å². The van der Waals surface area contributed by atoms with Gasteiger partial charge in [0.05, 0.1) is 17.7 Å². The molecule has 0 aliphatic carbocycles. The number of pyridine rings is 1. The second kappa shape index (κ2) is 5.32. The molecule has 1 aromatic heterocycles. The zero-order chi connectivity index (χ0) is 15.7. The van der Waals surface area contributed by atoms with Gasteiger partial charge < -0.3 is 14.0 Å². The number of hydrogen-bond acceptors (Lipinski definition) is 6. The normalized spacial score (nSPS) is 12.2. The van der Waals surface area contributed by atoms with Crippen LogP contribution in [0.1, 0.15) is 10.4 Å². The fraction of sp³-hybridized carbons (Fsp3) is 0.143. The Hall–Kier alpha value is -3.16. The molecule has 2 aromatic rings. The summed E-state index contributed by atoms with van der Waals surface area (Å²) < 4.78 is 11.3. The topological polar surface area (TPSA) is 101 Å². The molecule has 8 heteroatoms. The van der Waals surface area contributed by atoms with Crippen LogP contribution in [0.5, 0.6) is 11.5 Å². The van der Waals surface area contributed by atoms with Crippen LogP contribution in [0.3, 0.4) is 0 Å². The number of ketones is 1. The Bertz CT molecular complexity index is 826. The Morgan fingerprint density at radius 1 is 1.23 bits per heavy atom. The predicted molar refractivity (Wildman–Crippen MR) is 74.3 cm³/mol. The largest absolute Gasteiger partial charge is 0.454 e. The van der Waals surface area contributed by atoms with Crippen LogP contribution < -0.4 is 15.0 Å². The van der Waals surface area contributed by atoms with Gasteiger partial charge in [0.25, 0.3) is 11.2 Å². The molecule has 0 N–H and O–H groups in total. The van der Waals surface area contributed by atoms with Crippen LogP contribution in [0.15, 0.2) is 41.3 Å². The number of hydrogen-bond donors (Lipinski definition) is 0. The summed E-state index contributed by atoms with van der Waals surface area (Å²) in [7, 11) is 0. The Labute approximate surface area is 123 Å². The zero-order valence-corrected chi connectivity index (χ0v) is 11.2. The van der Waals surface area contributed by atoms with Crippen molar-refractivity contribution in [2.24, 2.45) is 0 Å². The van der Waals surface area contributed by atoms with E-state index in [1.807, 2.05) is 0 Å². The molecule has 8 nitrogen and oxygen atoms in total. The van der Waals surface area contributed by atoms with Gasteiger partial charge in [-0.3, -0.25) is 19.7 Å². The van der Waals surface area contributed by atoms with Crippen molar-refractivity contribution in [3.05, 3.63) is 62.6 Å². The number of carbonyl (C=O) groups is 1. The number of benzene rings is 1. The predicted octanol–water partition coefficient (Wildman–Crippen LogP) is 1.37. The molecule has 2 heterocycles. The molecule has 22 heavy (non-hydrogen) atoms. The van der Waals surface area contributed by atoms with E-state index in [1.54, 1.807) is 12.1 Å². The maximum atomic E-state index is 12.2. The number of ether oxygens (including phenoxy) is 2. The van der Waals surface area contributed by atoms with Crippen LogP contribution in [0, 0.1) is 10.1 Å². The van der Waals surface area contributed by atoms with E-state index in [4.69, 9.17) is 9.47 Å². The van der Waals surface area contributed by atoms with E-state index in [9.17, 15) is 19.7 Å². The number of rotatable bonds is 4. The monoisotopic (exact) mass is 302 g/mol. The minimum Gasteiger partial charge on any atom is -0.454 e. The highest BCUT2D eigenvalue weighted by atomic mass is 16.7. The lowest BCUT2D eigenvalue weighted by Crippen LogP contribution is -2.23. The molecule has 1 aromatic carbocycles. The lowest BCUT2D eigenvalue weighted by molar-refractivity contribution is -0.385. The molecule has 1 aliphatic heterocycles. The molecule has 0 saturated heterocycles. The van der Waals surface area contributed by atoms with Gasteiger partial charge in [0.15, 0.2) is 17.3 Å². The van der Waals surface area contributed by atoms with Gasteiger partial charge in [-0.15, -0.1) is 0 Å². The van der Waals surface area contributed by atoms with Gasteiger partial charge in [0.1, 0.15) is 0 Å². The van der Waals surface area contributed by atoms with E-state index in [0.29, 0.717) is 17.1 Å². The minimum atomic E-state index is -0.624. The summed E-state index contributed by atoms with van der Waals surface area (Å²) in [5, 5.41) is 10.7. The maximum absolute atomic E-state index is 12.2. The quantitative estimate of drug-likeness (QED) is 0.480. The third kappa shape index (κ3) is 2.53. The van der Waals surface area contributed by atoms with E-state index in [1.165, 1.54) is 6.07 Å². The number of carbonyl (C=O) groups excluding carboxylic acids is 1. The van der Waals surface area contributed by atoms with E-state index >= 15 is 0 Å². The maximum Gasteiger partial charge on any atom is 0.285 e. The highest BCUT2D eigenvalue weighted by molar-refractivity contribution is 5.96. The van der Waals surface area contributed by atoms with Crippen molar-refractivity contribution in [3.63, 3.8) is 0 Å². The molecule has 0 fully saturated rings. The molecule has 112 valence electrons. The van der Waals surface area contributed by atoms with Gasteiger partial charge in [-0.1, -0.05) is 0 Å². The molecule has 0 atom stereocenters. The molecule has 1 aliphatic rings. The van der Waals surface area contributed by atoms with E-state index in [0.717, 1.165) is 22.9 Å².